The van der Waals surface area contributed by atoms with E-state index < -0.39 is 10.0 Å². The second-order valence-corrected chi connectivity index (χ2v) is 10.2. The minimum absolute atomic E-state index is 0.113. The number of methoxy groups -OCH3 is 2. The van der Waals surface area contributed by atoms with E-state index in [0.29, 0.717) is 31.3 Å². The van der Waals surface area contributed by atoms with E-state index in [4.69, 9.17) is 14.2 Å². The van der Waals surface area contributed by atoms with E-state index in [2.05, 4.69) is 10.3 Å². The van der Waals surface area contributed by atoms with Crippen LogP contribution in [-0.4, -0.2) is 48.5 Å². The molecule has 3 aromatic carbocycles. The zero-order valence-corrected chi connectivity index (χ0v) is 21.7. The Morgan fingerprint density at radius 1 is 0.784 bits per heavy atom. The van der Waals surface area contributed by atoms with E-state index in [1.54, 1.807) is 38.5 Å². The Kier molecular flexibility index (Phi) is 8.89. The van der Waals surface area contributed by atoms with Gasteiger partial charge < -0.3 is 14.2 Å². The van der Waals surface area contributed by atoms with Gasteiger partial charge in [-0.15, -0.1) is 5.10 Å². The molecule has 0 aliphatic rings. The quantitative estimate of drug-likeness (QED) is 0.246. The van der Waals surface area contributed by atoms with E-state index >= 15 is 0 Å². The first kappa shape index (κ1) is 26.3. The van der Waals surface area contributed by atoms with Crippen molar-refractivity contribution >= 4 is 10.0 Å². The molecule has 0 unspecified atom stereocenters. The Bertz CT molecular complexity index is 1310. The molecule has 10 heteroatoms. The summed E-state index contributed by atoms with van der Waals surface area (Å²) in [6, 6.07) is 24.4. The fourth-order valence-electron chi connectivity index (χ4n) is 3.66. The standard InChI is InChI=1S/C27H30N4O5S/c1-34-25-12-8-22(9-13-25)18-31(19-23-10-14-26(35-2)15-11-23)37(32,33)27-20-30(29-28-27)16-17-36-21-24-6-4-3-5-7-24/h3-15,20H,16-19,21H2,1-2H3. The van der Waals surface area contributed by atoms with Gasteiger partial charge in [0, 0.05) is 13.1 Å². The van der Waals surface area contributed by atoms with Crippen LogP contribution in [0, 0.1) is 0 Å². The summed E-state index contributed by atoms with van der Waals surface area (Å²) in [5.41, 5.74) is 2.70. The lowest BCUT2D eigenvalue weighted by Gasteiger charge is -2.21. The van der Waals surface area contributed by atoms with Crippen molar-refractivity contribution in [3.05, 3.63) is 102 Å². The van der Waals surface area contributed by atoms with Gasteiger partial charge in [-0.1, -0.05) is 59.8 Å². The summed E-state index contributed by atoms with van der Waals surface area (Å²) in [6.07, 6.45) is 1.44. The Hall–Kier alpha value is -3.73. The number of sulfonamides is 1. The zero-order chi connectivity index (χ0) is 26.1. The molecule has 0 aliphatic carbocycles. The summed E-state index contributed by atoms with van der Waals surface area (Å²) in [5, 5.41) is 7.87. The van der Waals surface area contributed by atoms with Gasteiger partial charge in [0.05, 0.1) is 40.2 Å². The van der Waals surface area contributed by atoms with Gasteiger partial charge in [0.1, 0.15) is 11.5 Å². The highest BCUT2D eigenvalue weighted by Gasteiger charge is 2.28. The number of benzene rings is 3. The molecule has 4 rings (SSSR count). The van der Waals surface area contributed by atoms with Crippen LogP contribution in [0.2, 0.25) is 0 Å². The average Bonchev–Trinajstić information content (AvgIpc) is 3.42. The molecule has 0 spiro atoms. The van der Waals surface area contributed by atoms with Crippen LogP contribution >= 0.6 is 0 Å². The van der Waals surface area contributed by atoms with Gasteiger partial charge in [0.15, 0.2) is 0 Å². The molecule has 1 heterocycles. The fourth-order valence-corrected chi connectivity index (χ4v) is 4.95. The Balaban J connectivity index is 1.48. The highest BCUT2D eigenvalue weighted by atomic mass is 32.2. The highest BCUT2D eigenvalue weighted by molar-refractivity contribution is 7.89. The van der Waals surface area contributed by atoms with Crippen LogP contribution in [0.15, 0.2) is 90.1 Å². The van der Waals surface area contributed by atoms with Gasteiger partial charge in [-0.2, -0.15) is 4.31 Å². The average molecular weight is 523 g/mol. The topological polar surface area (TPSA) is 95.8 Å². The molecule has 0 aliphatic heterocycles. The van der Waals surface area contributed by atoms with Crippen molar-refractivity contribution in [1.29, 1.82) is 0 Å². The second-order valence-electron chi connectivity index (χ2n) is 8.33. The summed E-state index contributed by atoms with van der Waals surface area (Å²) < 4.78 is 46.3. The maximum absolute atomic E-state index is 13.6. The van der Waals surface area contributed by atoms with Crippen LogP contribution in [0.3, 0.4) is 0 Å². The van der Waals surface area contributed by atoms with E-state index in [1.807, 2.05) is 54.6 Å². The number of nitrogens with zero attached hydrogens (tertiary/aromatic N) is 4. The van der Waals surface area contributed by atoms with Crippen molar-refractivity contribution in [2.75, 3.05) is 20.8 Å². The molecule has 0 radical (unpaired) electrons. The van der Waals surface area contributed by atoms with Gasteiger partial charge in [0.25, 0.3) is 10.0 Å². The molecular formula is C27H30N4O5S. The summed E-state index contributed by atoms with van der Waals surface area (Å²) in [4.78, 5) is 0. The van der Waals surface area contributed by atoms with Gasteiger partial charge >= 0.3 is 0 Å². The summed E-state index contributed by atoms with van der Waals surface area (Å²) in [6.45, 7) is 1.54. The lowest BCUT2D eigenvalue weighted by atomic mass is 10.2. The molecule has 1 aromatic heterocycles. The van der Waals surface area contributed by atoms with Crippen LogP contribution in [0.25, 0.3) is 0 Å². The predicted molar refractivity (Wildman–Crippen MR) is 139 cm³/mol. The predicted octanol–water partition coefficient (Wildman–Crippen LogP) is 3.90. The van der Waals surface area contributed by atoms with Gasteiger partial charge in [-0.25, -0.2) is 13.1 Å². The number of rotatable bonds is 13. The maximum Gasteiger partial charge on any atom is 0.264 e. The third-order valence-electron chi connectivity index (χ3n) is 5.73. The molecule has 0 saturated heterocycles. The van der Waals surface area contributed by atoms with E-state index in [9.17, 15) is 8.42 Å². The van der Waals surface area contributed by atoms with Gasteiger partial charge in [-0.3, -0.25) is 0 Å². The van der Waals surface area contributed by atoms with Crippen LogP contribution in [0.1, 0.15) is 16.7 Å². The molecule has 0 fully saturated rings. The van der Waals surface area contributed by atoms with Crippen molar-refractivity contribution in [3.8, 4) is 11.5 Å². The lowest BCUT2D eigenvalue weighted by Crippen LogP contribution is -2.30. The summed E-state index contributed by atoms with van der Waals surface area (Å²) in [5.74, 6) is 1.40. The van der Waals surface area contributed by atoms with Crippen molar-refractivity contribution in [3.63, 3.8) is 0 Å². The smallest absolute Gasteiger partial charge is 0.264 e. The molecule has 0 bridgehead atoms. The zero-order valence-electron chi connectivity index (χ0n) is 20.9. The summed E-state index contributed by atoms with van der Waals surface area (Å²) in [7, 11) is -0.768. The fraction of sp³-hybridized carbons (Fsp3) is 0.259. The Morgan fingerprint density at radius 2 is 1.35 bits per heavy atom. The normalized spacial score (nSPS) is 11.5. The number of aromatic nitrogens is 3. The first-order valence-corrected chi connectivity index (χ1v) is 13.2. The van der Waals surface area contributed by atoms with Gasteiger partial charge in [0.2, 0.25) is 5.03 Å². The molecule has 0 atom stereocenters. The SMILES string of the molecule is COc1ccc(CN(Cc2ccc(OC)cc2)S(=O)(=O)c2cn(CCOCc3ccccc3)nn2)cc1. The molecule has 37 heavy (non-hydrogen) atoms. The minimum Gasteiger partial charge on any atom is -0.497 e. The Morgan fingerprint density at radius 3 is 1.89 bits per heavy atom. The van der Waals surface area contributed by atoms with E-state index in [-0.39, 0.29) is 18.1 Å². The monoisotopic (exact) mass is 522 g/mol. The van der Waals surface area contributed by atoms with Crippen LogP contribution in [-0.2, 0) is 41.0 Å². The number of hydrogen-bond acceptors (Lipinski definition) is 7. The summed E-state index contributed by atoms with van der Waals surface area (Å²) >= 11 is 0. The maximum atomic E-state index is 13.6. The van der Waals surface area contributed by atoms with Crippen molar-refractivity contribution in [1.82, 2.24) is 19.3 Å². The van der Waals surface area contributed by atoms with Crippen LogP contribution in [0.5, 0.6) is 11.5 Å². The van der Waals surface area contributed by atoms with Crippen LogP contribution < -0.4 is 9.47 Å². The molecule has 9 nitrogen and oxygen atoms in total. The van der Waals surface area contributed by atoms with Gasteiger partial charge in [-0.05, 0) is 41.0 Å². The first-order chi connectivity index (χ1) is 18.0. The largest absolute Gasteiger partial charge is 0.497 e. The van der Waals surface area contributed by atoms with Crippen LogP contribution in [0.4, 0.5) is 0 Å². The molecule has 0 N–H and O–H groups in total. The van der Waals surface area contributed by atoms with Crippen molar-refractivity contribution in [2.24, 2.45) is 0 Å². The third kappa shape index (κ3) is 7.16. The molecule has 194 valence electrons. The first-order valence-electron chi connectivity index (χ1n) is 11.8. The van der Waals surface area contributed by atoms with E-state index in [0.717, 1.165) is 16.7 Å². The molecule has 4 aromatic rings. The van der Waals surface area contributed by atoms with Crippen molar-refractivity contribution < 1.29 is 22.6 Å². The number of ether oxygens (including phenoxy) is 3. The molecular weight excluding hydrogens is 492 g/mol. The highest BCUT2D eigenvalue weighted by Crippen LogP contribution is 2.22. The van der Waals surface area contributed by atoms with E-state index in [1.165, 1.54) is 15.2 Å². The lowest BCUT2D eigenvalue weighted by molar-refractivity contribution is 0.110. The number of hydrogen-bond donors (Lipinski definition) is 0. The molecule has 0 saturated carbocycles. The molecule has 0 amide bonds. The third-order valence-corrected chi connectivity index (χ3v) is 7.39. The Labute approximate surface area is 217 Å². The second kappa shape index (κ2) is 12.5. The minimum atomic E-state index is -3.95. The van der Waals surface area contributed by atoms with Crippen molar-refractivity contribution in [2.45, 2.75) is 31.3 Å².